The number of hydrogen-bond donors (Lipinski definition) is 1. The molecule has 23 heavy (non-hydrogen) atoms. The van der Waals surface area contributed by atoms with Crippen molar-refractivity contribution in [1.82, 2.24) is 4.98 Å². The Morgan fingerprint density at radius 2 is 1.65 bits per heavy atom. The van der Waals surface area contributed by atoms with Crippen LogP contribution in [0.1, 0.15) is 16.7 Å². The molecule has 1 heterocycles. The zero-order valence-corrected chi connectivity index (χ0v) is 12.0. The largest absolute Gasteiger partial charge is 0.417 e. The summed E-state index contributed by atoms with van der Waals surface area (Å²) >= 11 is 5.68. The first kappa shape index (κ1) is 17.4. The Balaban J connectivity index is 2.20. The molecule has 0 bridgehead atoms. The van der Waals surface area contributed by atoms with Gasteiger partial charge in [-0.1, -0.05) is 29.8 Å². The summed E-state index contributed by atoms with van der Waals surface area (Å²) in [6.45, 7) is -0.284. The highest BCUT2D eigenvalue weighted by atomic mass is 35.5. The first-order valence-electron chi connectivity index (χ1n) is 6.21. The number of pyridine rings is 1. The minimum atomic E-state index is -4.60. The third-order valence-electron chi connectivity index (χ3n) is 2.94. The van der Waals surface area contributed by atoms with Crippen molar-refractivity contribution in [1.29, 1.82) is 0 Å². The highest BCUT2D eigenvalue weighted by Crippen LogP contribution is 2.34. The first-order chi connectivity index (χ1) is 10.6. The summed E-state index contributed by atoms with van der Waals surface area (Å²) < 4.78 is 76.0. The maximum absolute atomic E-state index is 12.8. The minimum Gasteiger partial charge on any atom is -0.365 e. The predicted octanol–water partition coefficient (Wildman–Crippen LogP) is 5.38. The normalized spacial score (nSPS) is 12.3. The molecule has 0 amide bonds. The molecule has 0 unspecified atom stereocenters. The fraction of sp³-hybridized carbons (Fsp3) is 0.214. The van der Waals surface area contributed by atoms with Gasteiger partial charge in [-0.15, -0.1) is 0 Å². The van der Waals surface area contributed by atoms with Crippen LogP contribution >= 0.6 is 11.6 Å². The van der Waals surface area contributed by atoms with Gasteiger partial charge in [0.1, 0.15) is 5.82 Å². The standard InChI is InChI=1S/C14H9ClF6N2/c15-11-5-9(13(16,17)18)7-23-12(11)22-6-8-3-1-2-4-10(8)14(19,20)21/h1-5,7H,6H2,(H,22,23). The molecule has 0 saturated heterocycles. The maximum Gasteiger partial charge on any atom is 0.417 e. The molecule has 0 aliphatic rings. The molecule has 2 aromatic rings. The molecule has 1 N–H and O–H groups in total. The van der Waals surface area contributed by atoms with Gasteiger partial charge in [-0.25, -0.2) is 4.98 Å². The van der Waals surface area contributed by atoms with Gasteiger partial charge in [0.2, 0.25) is 0 Å². The lowest BCUT2D eigenvalue weighted by Gasteiger charge is -2.14. The van der Waals surface area contributed by atoms with E-state index in [2.05, 4.69) is 10.3 Å². The van der Waals surface area contributed by atoms with Gasteiger partial charge in [-0.3, -0.25) is 0 Å². The SMILES string of the molecule is FC(F)(F)c1cnc(NCc2ccccc2C(F)(F)F)c(Cl)c1. The number of anilines is 1. The van der Waals surface area contributed by atoms with E-state index >= 15 is 0 Å². The molecule has 124 valence electrons. The quantitative estimate of drug-likeness (QED) is 0.748. The summed E-state index contributed by atoms with van der Waals surface area (Å²) in [6.07, 6.45) is -8.57. The Bertz CT molecular complexity index is 696. The zero-order valence-electron chi connectivity index (χ0n) is 11.3. The highest BCUT2D eigenvalue weighted by molar-refractivity contribution is 6.32. The molecule has 0 spiro atoms. The van der Waals surface area contributed by atoms with Crippen molar-refractivity contribution < 1.29 is 26.3 Å². The number of rotatable bonds is 3. The highest BCUT2D eigenvalue weighted by Gasteiger charge is 2.33. The van der Waals surface area contributed by atoms with Crippen LogP contribution < -0.4 is 5.32 Å². The summed E-state index contributed by atoms with van der Waals surface area (Å²) in [5.41, 5.74) is -1.95. The summed E-state index contributed by atoms with van der Waals surface area (Å²) in [5, 5.41) is 2.18. The van der Waals surface area contributed by atoms with E-state index < -0.39 is 23.5 Å². The van der Waals surface area contributed by atoms with Crippen LogP contribution in [0.4, 0.5) is 32.2 Å². The molecule has 0 saturated carbocycles. The number of benzene rings is 1. The van der Waals surface area contributed by atoms with Crippen LogP contribution in [-0.4, -0.2) is 4.98 Å². The van der Waals surface area contributed by atoms with E-state index in [-0.39, 0.29) is 22.9 Å². The number of aromatic nitrogens is 1. The van der Waals surface area contributed by atoms with Gasteiger partial charge in [-0.05, 0) is 17.7 Å². The van der Waals surface area contributed by atoms with Crippen molar-refractivity contribution in [3.05, 3.63) is 58.2 Å². The molecule has 9 heteroatoms. The molecule has 1 aromatic carbocycles. The fourth-order valence-corrected chi connectivity index (χ4v) is 2.09. The smallest absolute Gasteiger partial charge is 0.365 e. The van der Waals surface area contributed by atoms with Gasteiger partial charge in [-0.2, -0.15) is 26.3 Å². The third kappa shape index (κ3) is 4.28. The molecule has 0 atom stereocenters. The lowest BCUT2D eigenvalue weighted by molar-refractivity contribution is -0.138. The zero-order chi connectivity index (χ0) is 17.3. The Labute approximate surface area is 132 Å². The molecule has 0 radical (unpaired) electrons. The van der Waals surface area contributed by atoms with Gasteiger partial charge in [0, 0.05) is 12.7 Å². The van der Waals surface area contributed by atoms with Crippen molar-refractivity contribution in [2.45, 2.75) is 18.9 Å². The van der Waals surface area contributed by atoms with Crippen molar-refractivity contribution >= 4 is 17.4 Å². The van der Waals surface area contributed by atoms with Crippen LogP contribution in [0.25, 0.3) is 0 Å². The summed E-state index contributed by atoms with van der Waals surface area (Å²) in [7, 11) is 0. The van der Waals surface area contributed by atoms with Crippen LogP contribution in [0, 0.1) is 0 Å². The second-order valence-corrected chi connectivity index (χ2v) is 4.97. The van der Waals surface area contributed by atoms with E-state index in [1.165, 1.54) is 18.2 Å². The van der Waals surface area contributed by atoms with E-state index in [0.29, 0.717) is 12.3 Å². The minimum absolute atomic E-state index is 0.0715. The summed E-state index contributed by atoms with van der Waals surface area (Å²) in [5.74, 6) is -0.128. The van der Waals surface area contributed by atoms with Crippen molar-refractivity contribution in [2.75, 3.05) is 5.32 Å². The first-order valence-corrected chi connectivity index (χ1v) is 6.58. The van der Waals surface area contributed by atoms with Crippen LogP contribution in [0.2, 0.25) is 5.02 Å². The third-order valence-corrected chi connectivity index (χ3v) is 3.23. The summed E-state index contributed by atoms with van der Waals surface area (Å²) in [6, 6.07) is 5.50. The molecule has 1 aromatic heterocycles. The number of alkyl halides is 6. The number of nitrogens with one attached hydrogen (secondary N) is 1. The van der Waals surface area contributed by atoms with E-state index in [4.69, 9.17) is 11.6 Å². The van der Waals surface area contributed by atoms with Gasteiger partial charge < -0.3 is 5.32 Å². The Morgan fingerprint density at radius 3 is 2.22 bits per heavy atom. The number of nitrogens with zero attached hydrogens (tertiary/aromatic N) is 1. The van der Waals surface area contributed by atoms with Crippen LogP contribution in [0.15, 0.2) is 36.5 Å². The monoisotopic (exact) mass is 354 g/mol. The van der Waals surface area contributed by atoms with E-state index in [1.807, 2.05) is 0 Å². The summed E-state index contributed by atoms with van der Waals surface area (Å²) in [4.78, 5) is 3.51. The lowest BCUT2D eigenvalue weighted by Crippen LogP contribution is -2.12. The second-order valence-electron chi connectivity index (χ2n) is 4.56. The van der Waals surface area contributed by atoms with Crippen LogP contribution in [-0.2, 0) is 18.9 Å². The molecule has 2 rings (SSSR count). The molecular weight excluding hydrogens is 346 g/mol. The molecule has 0 fully saturated rings. The van der Waals surface area contributed by atoms with Gasteiger partial charge in [0.05, 0.1) is 16.1 Å². The molecule has 0 aliphatic carbocycles. The predicted molar refractivity (Wildman–Crippen MR) is 73.0 cm³/mol. The Hall–Kier alpha value is -1.96. The number of hydrogen-bond acceptors (Lipinski definition) is 2. The molecule has 0 aliphatic heterocycles. The maximum atomic E-state index is 12.8. The Kier molecular flexibility index (Phi) is 4.74. The molecule has 2 nitrogen and oxygen atoms in total. The van der Waals surface area contributed by atoms with Gasteiger partial charge in [0.15, 0.2) is 0 Å². The van der Waals surface area contributed by atoms with Crippen LogP contribution in [0.3, 0.4) is 0 Å². The lowest BCUT2D eigenvalue weighted by atomic mass is 10.1. The van der Waals surface area contributed by atoms with Crippen LogP contribution in [0.5, 0.6) is 0 Å². The number of halogens is 7. The van der Waals surface area contributed by atoms with E-state index in [9.17, 15) is 26.3 Å². The van der Waals surface area contributed by atoms with Crippen molar-refractivity contribution in [3.8, 4) is 0 Å². The Morgan fingerprint density at radius 1 is 1.00 bits per heavy atom. The van der Waals surface area contributed by atoms with Gasteiger partial charge >= 0.3 is 12.4 Å². The fourth-order valence-electron chi connectivity index (χ4n) is 1.85. The average Bonchev–Trinajstić information content (AvgIpc) is 2.44. The van der Waals surface area contributed by atoms with E-state index in [0.717, 1.165) is 6.07 Å². The molecular formula is C14H9ClF6N2. The van der Waals surface area contributed by atoms with E-state index in [1.54, 1.807) is 0 Å². The topological polar surface area (TPSA) is 24.9 Å². The van der Waals surface area contributed by atoms with Crippen molar-refractivity contribution in [3.63, 3.8) is 0 Å². The average molecular weight is 355 g/mol. The van der Waals surface area contributed by atoms with Gasteiger partial charge in [0.25, 0.3) is 0 Å². The van der Waals surface area contributed by atoms with Crippen molar-refractivity contribution in [2.24, 2.45) is 0 Å². The second kappa shape index (κ2) is 6.27.